The molecule has 0 radical (unpaired) electrons. The summed E-state index contributed by atoms with van der Waals surface area (Å²) in [6.07, 6.45) is -7.07. The number of esters is 2. The number of ether oxygens (including phenoxy) is 9. The number of likely N-dealkylation sites (N-methyl/N-ethyl adjacent to an activating group) is 2. The van der Waals surface area contributed by atoms with E-state index in [4.69, 9.17) is 42.6 Å². The number of rotatable bonds is 9. The van der Waals surface area contributed by atoms with Crippen molar-refractivity contribution in [3.8, 4) is 0 Å². The van der Waals surface area contributed by atoms with Gasteiger partial charge in [-0.15, -0.1) is 0 Å². The standard InChI is InChI=1S/C43H79N3O13/c1-18-31-43(11)36(58-40(59-43)45(14)15)27(6)46(16)22-23(2)20-41(9,50)35(57-39-33(48)30(44(12)13)19-24(3)52-39)25(4)34(26(5)38(49)55-31)56-32-21-42(10,51-17)37(28(7)53-32)54-29(8)47/h23-28,30-37,39-40,48,50H,18-22H2,1-17H3/t23-,24-,25+,26-,27-,28+,30+,31-,32+,33-,34+,35-,36-,37+,39+,40?,41-,42-,43-/m1/s1. The lowest BCUT2D eigenvalue weighted by Crippen LogP contribution is -2.61. The summed E-state index contributed by atoms with van der Waals surface area (Å²) in [6.45, 7) is 20.9. The maximum Gasteiger partial charge on any atom is 0.311 e. The number of nitrogens with zero attached hydrogens (tertiary/aromatic N) is 3. The lowest BCUT2D eigenvalue weighted by Gasteiger charge is -2.49. The number of fused-ring (bicyclic) bond motifs is 1. The fourth-order valence-corrected chi connectivity index (χ4v) is 10.1. The summed E-state index contributed by atoms with van der Waals surface area (Å²) in [4.78, 5) is 32.9. The largest absolute Gasteiger partial charge is 0.459 e. The third-order valence-electron chi connectivity index (χ3n) is 13.4. The van der Waals surface area contributed by atoms with Gasteiger partial charge in [-0.25, -0.2) is 0 Å². The van der Waals surface area contributed by atoms with Gasteiger partial charge in [0, 0.05) is 45.0 Å². The van der Waals surface area contributed by atoms with Gasteiger partial charge in [0.25, 0.3) is 0 Å². The van der Waals surface area contributed by atoms with Crippen LogP contribution in [-0.2, 0) is 52.2 Å². The highest BCUT2D eigenvalue weighted by molar-refractivity contribution is 5.73. The number of hydrogen-bond acceptors (Lipinski definition) is 16. The number of methoxy groups -OCH3 is 1. The molecule has 19 atom stereocenters. The number of aliphatic hydroxyl groups excluding tert-OH is 1. The van der Waals surface area contributed by atoms with Crippen molar-refractivity contribution in [1.82, 2.24) is 14.7 Å². The van der Waals surface area contributed by atoms with Crippen LogP contribution >= 0.6 is 0 Å². The minimum absolute atomic E-state index is 0.0652. The smallest absolute Gasteiger partial charge is 0.311 e. The SMILES string of the molecule is CC[C@H]1OC(=O)[C@H](C)[C@@H](O[C@H]2C[C@@](C)(OC)[C@@H](OC(C)=O)[C@H](C)O2)[C@H](C)[C@@H](O[C@@H]2O[C@H](C)C[C@H](N(C)C)[C@H]2O)[C@](C)(O)C[C@@H](C)CN(C)[C@H](C)[C@H]2OC(N(C)C)O[C@@]21C. The van der Waals surface area contributed by atoms with Crippen LogP contribution in [0.5, 0.6) is 0 Å². The molecular weight excluding hydrogens is 766 g/mol. The molecular formula is C43H79N3O13. The maximum atomic E-state index is 14.7. The van der Waals surface area contributed by atoms with Gasteiger partial charge in [0.15, 0.2) is 18.7 Å². The van der Waals surface area contributed by atoms with Crippen LogP contribution in [0.3, 0.4) is 0 Å². The highest BCUT2D eigenvalue weighted by atomic mass is 16.8. The van der Waals surface area contributed by atoms with Crippen LogP contribution in [-0.4, -0.2) is 182 Å². The summed E-state index contributed by atoms with van der Waals surface area (Å²) in [5.41, 5.74) is -3.56. The first kappa shape index (κ1) is 50.1. The molecule has 0 saturated carbocycles. The predicted octanol–water partition coefficient (Wildman–Crippen LogP) is 3.38. The van der Waals surface area contributed by atoms with E-state index in [0.29, 0.717) is 25.8 Å². The van der Waals surface area contributed by atoms with E-state index in [-0.39, 0.29) is 30.5 Å². The lowest BCUT2D eigenvalue weighted by atomic mass is 9.77. The molecule has 344 valence electrons. The average molecular weight is 846 g/mol. The van der Waals surface area contributed by atoms with Gasteiger partial charge in [0.1, 0.15) is 29.5 Å². The molecule has 0 aromatic rings. The molecule has 0 aromatic heterocycles. The Hall–Kier alpha value is -1.54. The molecule has 0 bridgehead atoms. The molecule has 4 saturated heterocycles. The molecule has 16 nitrogen and oxygen atoms in total. The Morgan fingerprint density at radius 2 is 1.59 bits per heavy atom. The van der Waals surface area contributed by atoms with Crippen molar-refractivity contribution < 1.29 is 62.4 Å². The second-order valence-electron chi connectivity index (χ2n) is 19.2. The highest BCUT2D eigenvalue weighted by Gasteiger charge is 2.57. The van der Waals surface area contributed by atoms with Crippen LogP contribution in [0.25, 0.3) is 0 Å². The molecule has 0 amide bonds. The van der Waals surface area contributed by atoms with Crippen molar-refractivity contribution >= 4 is 11.9 Å². The van der Waals surface area contributed by atoms with Crippen LogP contribution in [0.15, 0.2) is 0 Å². The van der Waals surface area contributed by atoms with Gasteiger partial charge in [-0.05, 0) is 109 Å². The zero-order valence-electron chi connectivity index (χ0n) is 39.0. The summed E-state index contributed by atoms with van der Waals surface area (Å²) in [6, 6.07) is -0.445. The third-order valence-corrected chi connectivity index (χ3v) is 13.4. The van der Waals surface area contributed by atoms with Crippen molar-refractivity contribution in [3.63, 3.8) is 0 Å². The zero-order chi connectivity index (χ0) is 44.5. The van der Waals surface area contributed by atoms with E-state index in [1.165, 1.54) is 6.92 Å². The molecule has 4 heterocycles. The topological polar surface area (TPSA) is 167 Å². The van der Waals surface area contributed by atoms with Crippen LogP contribution in [0.2, 0.25) is 0 Å². The highest BCUT2D eigenvalue weighted by Crippen LogP contribution is 2.43. The van der Waals surface area contributed by atoms with Crippen molar-refractivity contribution in [2.45, 2.75) is 199 Å². The second kappa shape index (κ2) is 19.9. The van der Waals surface area contributed by atoms with Crippen LogP contribution in [0.4, 0.5) is 0 Å². The fourth-order valence-electron chi connectivity index (χ4n) is 10.1. The van der Waals surface area contributed by atoms with Gasteiger partial charge in [-0.2, -0.15) is 0 Å². The molecule has 4 rings (SSSR count). The van der Waals surface area contributed by atoms with Crippen molar-refractivity contribution in [2.24, 2.45) is 17.8 Å². The Kier molecular flexibility index (Phi) is 16.9. The molecule has 2 N–H and O–H groups in total. The van der Waals surface area contributed by atoms with Gasteiger partial charge in [-0.3, -0.25) is 14.5 Å². The maximum absolute atomic E-state index is 14.7. The molecule has 1 unspecified atom stereocenters. The van der Waals surface area contributed by atoms with E-state index in [0.717, 1.165) is 0 Å². The monoisotopic (exact) mass is 846 g/mol. The van der Waals surface area contributed by atoms with Gasteiger partial charge >= 0.3 is 11.9 Å². The molecule has 4 aliphatic rings. The Morgan fingerprint density at radius 1 is 0.949 bits per heavy atom. The molecule has 4 aliphatic heterocycles. The molecule has 16 heteroatoms. The minimum atomic E-state index is -1.53. The Morgan fingerprint density at radius 3 is 2.15 bits per heavy atom. The van der Waals surface area contributed by atoms with E-state index < -0.39 is 102 Å². The second-order valence-corrected chi connectivity index (χ2v) is 19.2. The molecule has 0 spiro atoms. The van der Waals surface area contributed by atoms with Crippen LogP contribution in [0, 0.1) is 17.8 Å². The molecule has 4 fully saturated rings. The van der Waals surface area contributed by atoms with Crippen LogP contribution < -0.4 is 0 Å². The third kappa shape index (κ3) is 11.2. The van der Waals surface area contributed by atoms with E-state index in [2.05, 4.69) is 18.7 Å². The summed E-state index contributed by atoms with van der Waals surface area (Å²) in [5, 5.41) is 24.4. The summed E-state index contributed by atoms with van der Waals surface area (Å²) in [5.74, 6) is -2.74. The predicted molar refractivity (Wildman–Crippen MR) is 219 cm³/mol. The quantitative estimate of drug-likeness (QED) is 0.324. The van der Waals surface area contributed by atoms with Gasteiger partial charge in [-0.1, -0.05) is 20.8 Å². The first-order valence-electron chi connectivity index (χ1n) is 21.6. The summed E-state index contributed by atoms with van der Waals surface area (Å²) in [7, 11) is 11.1. The lowest BCUT2D eigenvalue weighted by molar-refractivity contribution is -0.318. The van der Waals surface area contributed by atoms with Crippen LogP contribution in [0.1, 0.15) is 102 Å². The molecule has 0 aromatic carbocycles. The number of aliphatic hydroxyl groups is 2. The zero-order valence-corrected chi connectivity index (χ0v) is 39.0. The first-order chi connectivity index (χ1) is 27.3. The van der Waals surface area contributed by atoms with E-state index in [9.17, 15) is 19.8 Å². The Bertz CT molecular complexity index is 1390. The van der Waals surface area contributed by atoms with Crippen molar-refractivity contribution in [3.05, 3.63) is 0 Å². The van der Waals surface area contributed by atoms with E-state index >= 15 is 0 Å². The number of hydrogen-bond donors (Lipinski definition) is 2. The average Bonchev–Trinajstić information content (AvgIpc) is 3.50. The number of carbonyl (C=O) groups is 2. The molecule has 59 heavy (non-hydrogen) atoms. The first-order valence-corrected chi connectivity index (χ1v) is 21.6. The summed E-state index contributed by atoms with van der Waals surface area (Å²) < 4.78 is 57.9. The molecule has 0 aliphatic carbocycles. The fraction of sp³-hybridized carbons (Fsp3) is 0.953. The van der Waals surface area contributed by atoms with Crippen molar-refractivity contribution in [1.29, 1.82) is 0 Å². The minimum Gasteiger partial charge on any atom is -0.459 e. The van der Waals surface area contributed by atoms with Gasteiger partial charge in [0.2, 0.25) is 6.41 Å². The number of cyclic esters (lactones) is 1. The van der Waals surface area contributed by atoms with E-state index in [1.807, 2.05) is 79.7 Å². The normalized spacial score (nSPS) is 47.3. The summed E-state index contributed by atoms with van der Waals surface area (Å²) >= 11 is 0. The van der Waals surface area contributed by atoms with Crippen molar-refractivity contribution in [2.75, 3.05) is 48.9 Å². The van der Waals surface area contributed by atoms with E-state index in [1.54, 1.807) is 27.9 Å². The Labute approximate surface area is 353 Å². The van der Waals surface area contributed by atoms with Gasteiger partial charge < -0.3 is 62.6 Å². The number of carbonyl (C=O) groups excluding carboxylic acids is 2. The van der Waals surface area contributed by atoms with Gasteiger partial charge in [0.05, 0.1) is 35.9 Å². The Balaban J connectivity index is 1.84.